The zero-order valence-corrected chi connectivity index (χ0v) is 12.6. The van der Waals surface area contributed by atoms with Crippen LogP contribution in [-0.2, 0) is 4.74 Å². The topological polar surface area (TPSA) is 85.8 Å². The molecule has 24 heavy (non-hydrogen) atoms. The van der Waals surface area contributed by atoms with E-state index in [1.807, 2.05) is 0 Å². The Morgan fingerprint density at radius 2 is 2.21 bits per heavy atom. The number of nitrogens with two attached hydrogens (primary N) is 1. The number of anilines is 1. The van der Waals surface area contributed by atoms with Gasteiger partial charge in [0, 0.05) is 18.3 Å². The van der Waals surface area contributed by atoms with Crippen LogP contribution in [0.15, 0.2) is 42.9 Å². The number of benzene rings is 1. The third kappa shape index (κ3) is 2.37. The van der Waals surface area contributed by atoms with Crippen LogP contribution in [0.3, 0.4) is 0 Å². The molecule has 0 aliphatic carbocycles. The van der Waals surface area contributed by atoms with E-state index in [1.165, 1.54) is 17.3 Å². The first-order chi connectivity index (χ1) is 11.7. The Hall–Kier alpha value is -3.00. The number of aromatic nitrogens is 3. The van der Waals surface area contributed by atoms with Gasteiger partial charge < -0.3 is 10.5 Å². The van der Waals surface area contributed by atoms with Crippen molar-refractivity contribution in [2.75, 3.05) is 18.0 Å². The average molecular weight is 327 g/mol. The Kier molecular flexibility index (Phi) is 3.39. The van der Waals surface area contributed by atoms with Crippen molar-refractivity contribution in [3.8, 4) is 11.1 Å². The van der Waals surface area contributed by atoms with Gasteiger partial charge in [0.05, 0.1) is 12.2 Å². The summed E-state index contributed by atoms with van der Waals surface area (Å²) in [6.45, 7) is 0.557. The molecule has 7 nitrogen and oxygen atoms in total. The number of hydrogen-bond donors (Lipinski definition) is 1. The normalized spacial score (nSPS) is 17.5. The molecule has 1 saturated heterocycles. The minimum atomic E-state index is -0.512. The highest BCUT2D eigenvalue weighted by molar-refractivity contribution is 5.90. The molecule has 3 aromatic rings. The molecule has 0 spiro atoms. The van der Waals surface area contributed by atoms with Gasteiger partial charge in [-0.1, -0.05) is 0 Å². The van der Waals surface area contributed by atoms with Gasteiger partial charge in [0.2, 0.25) is 0 Å². The molecule has 1 aromatic carbocycles. The van der Waals surface area contributed by atoms with Crippen molar-refractivity contribution in [2.45, 2.75) is 6.10 Å². The summed E-state index contributed by atoms with van der Waals surface area (Å²) < 4.78 is 21.3. The van der Waals surface area contributed by atoms with Crippen molar-refractivity contribution in [2.24, 2.45) is 5.73 Å². The van der Waals surface area contributed by atoms with Crippen LogP contribution in [0.2, 0.25) is 0 Å². The van der Waals surface area contributed by atoms with Crippen molar-refractivity contribution in [1.82, 2.24) is 14.6 Å². The lowest BCUT2D eigenvalue weighted by atomic mass is 10.1. The number of carbonyl (C=O) groups is 1. The number of rotatable bonds is 3. The lowest BCUT2D eigenvalue weighted by molar-refractivity contribution is 0.145. The standard InChI is InChI=1S/C16H14FN5O2/c17-14-6-11(21-8-12(7-18)24-16(21)23)1-2-13(14)10-3-4-22-15(5-10)19-9-20-22/h1-6,9,12H,7-8,18H2/t12-/m0/s1. The first-order valence-electron chi connectivity index (χ1n) is 7.43. The molecule has 122 valence electrons. The number of nitrogens with zero attached hydrogens (tertiary/aromatic N) is 4. The predicted octanol–water partition coefficient (Wildman–Crippen LogP) is 1.82. The van der Waals surface area contributed by atoms with Crippen LogP contribution in [0.25, 0.3) is 16.8 Å². The Labute approximate surface area is 136 Å². The van der Waals surface area contributed by atoms with E-state index in [0.717, 1.165) is 0 Å². The molecule has 1 fully saturated rings. The second-order valence-electron chi connectivity index (χ2n) is 5.49. The van der Waals surface area contributed by atoms with Gasteiger partial charge in [-0.15, -0.1) is 0 Å². The third-order valence-electron chi connectivity index (χ3n) is 3.99. The van der Waals surface area contributed by atoms with Crippen LogP contribution in [0, 0.1) is 5.82 Å². The number of halogens is 1. The van der Waals surface area contributed by atoms with Crippen molar-refractivity contribution in [1.29, 1.82) is 0 Å². The van der Waals surface area contributed by atoms with Gasteiger partial charge in [0.25, 0.3) is 0 Å². The zero-order chi connectivity index (χ0) is 16.7. The number of hydrogen-bond acceptors (Lipinski definition) is 5. The first-order valence-corrected chi connectivity index (χ1v) is 7.43. The van der Waals surface area contributed by atoms with E-state index < -0.39 is 11.9 Å². The molecule has 0 radical (unpaired) electrons. The van der Waals surface area contributed by atoms with Crippen LogP contribution >= 0.6 is 0 Å². The maximum atomic E-state index is 14.6. The fourth-order valence-corrected chi connectivity index (χ4v) is 2.74. The van der Waals surface area contributed by atoms with Crippen molar-refractivity contribution in [3.05, 3.63) is 48.7 Å². The number of amides is 1. The van der Waals surface area contributed by atoms with Gasteiger partial charge >= 0.3 is 6.09 Å². The van der Waals surface area contributed by atoms with Gasteiger partial charge in [-0.2, -0.15) is 5.10 Å². The molecule has 3 heterocycles. The van der Waals surface area contributed by atoms with Crippen LogP contribution in [0.1, 0.15) is 0 Å². The van der Waals surface area contributed by atoms with Crippen LogP contribution in [0.5, 0.6) is 0 Å². The highest BCUT2D eigenvalue weighted by atomic mass is 19.1. The monoisotopic (exact) mass is 327 g/mol. The number of ether oxygens (including phenoxy) is 1. The molecule has 1 aliphatic rings. The van der Waals surface area contributed by atoms with E-state index in [-0.39, 0.29) is 12.6 Å². The maximum Gasteiger partial charge on any atom is 0.414 e. The number of cyclic esters (lactones) is 1. The molecular formula is C16H14FN5O2. The van der Waals surface area contributed by atoms with E-state index in [2.05, 4.69) is 10.1 Å². The van der Waals surface area contributed by atoms with Crippen LogP contribution in [0.4, 0.5) is 14.9 Å². The van der Waals surface area contributed by atoms with Gasteiger partial charge in [-0.25, -0.2) is 18.7 Å². The second kappa shape index (κ2) is 5.57. The molecule has 1 aliphatic heterocycles. The molecule has 8 heteroatoms. The first kappa shape index (κ1) is 14.6. The molecular weight excluding hydrogens is 313 g/mol. The SMILES string of the molecule is NC[C@H]1CN(c2ccc(-c3ccn4ncnc4c3)c(F)c2)C(=O)O1. The number of carbonyl (C=O) groups excluding carboxylic acids is 1. The zero-order valence-electron chi connectivity index (χ0n) is 12.6. The maximum absolute atomic E-state index is 14.6. The molecule has 4 rings (SSSR count). The minimum Gasteiger partial charge on any atom is -0.443 e. The summed E-state index contributed by atoms with van der Waals surface area (Å²) in [6.07, 6.45) is 2.28. The number of pyridine rings is 1. The fraction of sp³-hybridized carbons (Fsp3) is 0.188. The van der Waals surface area contributed by atoms with E-state index in [1.54, 1.807) is 35.0 Å². The smallest absolute Gasteiger partial charge is 0.414 e. The summed E-state index contributed by atoms with van der Waals surface area (Å²) in [4.78, 5) is 17.3. The van der Waals surface area contributed by atoms with E-state index in [9.17, 15) is 9.18 Å². The Morgan fingerprint density at radius 1 is 1.33 bits per heavy atom. The second-order valence-corrected chi connectivity index (χ2v) is 5.49. The van der Waals surface area contributed by atoms with Crippen molar-refractivity contribution < 1.29 is 13.9 Å². The molecule has 0 bridgehead atoms. The molecule has 1 atom stereocenters. The van der Waals surface area contributed by atoms with Crippen molar-refractivity contribution in [3.63, 3.8) is 0 Å². The van der Waals surface area contributed by atoms with E-state index in [0.29, 0.717) is 29.0 Å². The van der Waals surface area contributed by atoms with Crippen molar-refractivity contribution >= 4 is 17.4 Å². The van der Waals surface area contributed by atoms with Gasteiger partial charge in [0.1, 0.15) is 18.2 Å². The Bertz CT molecular complexity index is 926. The molecule has 1 amide bonds. The number of fused-ring (bicyclic) bond motifs is 1. The lowest BCUT2D eigenvalue weighted by Gasteiger charge is -2.14. The summed E-state index contributed by atoms with van der Waals surface area (Å²) >= 11 is 0. The summed E-state index contributed by atoms with van der Waals surface area (Å²) in [5, 5.41) is 4.01. The Balaban J connectivity index is 1.68. The minimum absolute atomic E-state index is 0.237. The molecule has 2 N–H and O–H groups in total. The highest BCUT2D eigenvalue weighted by Gasteiger charge is 2.31. The molecule has 2 aromatic heterocycles. The summed E-state index contributed by atoms with van der Waals surface area (Å²) in [5.74, 6) is -0.430. The molecule has 0 unspecified atom stereocenters. The van der Waals surface area contributed by atoms with E-state index in [4.69, 9.17) is 10.5 Å². The van der Waals surface area contributed by atoms with Gasteiger partial charge in [-0.3, -0.25) is 4.90 Å². The van der Waals surface area contributed by atoms with E-state index >= 15 is 0 Å². The fourth-order valence-electron chi connectivity index (χ4n) is 2.74. The Morgan fingerprint density at radius 3 is 2.96 bits per heavy atom. The van der Waals surface area contributed by atoms with Gasteiger partial charge in [0.15, 0.2) is 5.65 Å². The molecule has 0 saturated carbocycles. The lowest BCUT2D eigenvalue weighted by Crippen LogP contribution is -2.27. The largest absolute Gasteiger partial charge is 0.443 e. The summed E-state index contributed by atoms with van der Waals surface area (Å²) in [6, 6.07) is 8.15. The third-order valence-corrected chi connectivity index (χ3v) is 3.99. The highest BCUT2D eigenvalue weighted by Crippen LogP contribution is 2.29. The predicted molar refractivity (Wildman–Crippen MR) is 85.1 cm³/mol. The summed E-state index contributed by atoms with van der Waals surface area (Å²) in [7, 11) is 0. The van der Waals surface area contributed by atoms with Crippen LogP contribution < -0.4 is 10.6 Å². The quantitative estimate of drug-likeness (QED) is 0.793. The summed E-state index contributed by atoms with van der Waals surface area (Å²) in [5.41, 5.74) is 7.69. The average Bonchev–Trinajstić information content (AvgIpc) is 3.20. The van der Waals surface area contributed by atoms with Gasteiger partial charge in [-0.05, 0) is 35.9 Å². The van der Waals surface area contributed by atoms with Crippen LogP contribution in [-0.4, -0.2) is 39.9 Å².